The number of amides is 1. The predicted octanol–water partition coefficient (Wildman–Crippen LogP) is 1.58. The Morgan fingerprint density at radius 2 is 2.00 bits per heavy atom. The number of H-pyrrole nitrogens is 1. The highest BCUT2D eigenvalue weighted by Gasteiger charge is 2.25. The highest BCUT2D eigenvalue weighted by molar-refractivity contribution is 5.92. The van der Waals surface area contributed by atoms with E-state index in [-0.39, 0.29) is 11.8 Å². The molecule has 1 aromatic carbocycles. The van der Waals surface area contributed by atoms with Crippen LogP contribution in [0.3, 0.4) is 0 Å². The first kappa shape index (κ1) is 18.1. The van der Waals surface area contributed by atoms with E-state index in [1.54, 1.807) is 18.6 Å². The maximum atomic E-state index is 12.6. The lowest BCUT2D eigenvalue weighted by Crippen LogP contribution is -2.38. The van der Waals surface area contributed by atoms with Crippen LogP contribution in [0.4, 0.5) is 11.5 Å². The molecule has 0 bridgehead atoms. The summed E-state index contributed by atoms with van der Waals surface area (Å²) in [6.07, 6.45) is 6.69. The van der Waals surface area contributed by atoms with E-state index in [0.29, 0.717) is 18.2 Å². The molecule has 1 fully saturated rings. The lowest BCUT2D eigenvalue weighted by Gasteiger charge is -2.31. The predicted molar refractivity (Wildman–Crippen MR) is 105 cm³/mol. The van der Waals surface area contributed by atoms with Crippen LogP contribution in [0.1, 0.15) is 18.7 Å². The van der Waals surface area contributed by atoms with Crippen molar-refractivity contribution in [2.75, 3.05) is 23.3 Å². The Bertz CT molecular complexity index is 917. The highest BCUT2D eigenvalue weighted by Crippen LogP contribution is 2.23. The number of anilines is 2. The summed E-state index contributed by atoms with van der Waals surface area (Å²) in [6.45, 7) is 1.91. The van der Waals surface area contributed by atoms with Crippen molar-refractivity contribution in [1.29, 1.82) is 0 Å². The van der Waals surface area contributed by atoms with E-state index in [1.165, 1.54) is 0 Å². The molecule has 0 saturated carbocycles. The van der Waals surface area contributed by atoms with Crippen LogP contribution >= 0.6 is 0 Å². The fraction of sp³-hybridized carbons (Fsp3) is 0.316. The summed E-state index contributed by atoms with van der Waals surface area (Å²) in [5.41, 5.74) is 7.17. The largest absolute Gasteiger partial charge is 0.355 e. The number of benzene rings is 1. The van der Waals surface area contributed by atoms with E-state index in [4.69, 9.17) is 5.73 Å². The van der Waals surface area contributed by atoms with Gasteiger partial charge in [-0.3, -0.25) is 14.9 Å². The summed E-state index contributed by atoms with van der Waals surface area (Å²) < 4.78 is 0. The molecule has 0 radical (unpaired) electrons. The smallest absolute Gasteiger partial charge is 0.227 e. The zero-order valence-corrected chi connectivity index (χ0v) is 15.4. The Balaban J connectivity index is 1.33. The number of aromatic amines is 1. The fourth-order valence-corrected chi connectivity index (χ4v) is 3.29. The third-order valence-electron chi connectivity index (χ3n) is 4.87. The van der Waals surface area contributed by atoms with E-state index in [9.17, 15) is 4.79 Å². The van der Waals surface area contributed by atoms with E-state index < -0.39 is 0 Å². The minimum atomic E-state index is -0.00674. The molecule has 0 atom stereocenters. The molecule has 2 aromatic heterocycles. The number of carbonyl (C=O) groups excluding carboxylic acids is 1. The molecule has 1 aliphatic heterocycles. The zero-order valence-electron chi connectivity index (χ0n) is 15.4. The van der Waals surface area contributed by atoms with Gasteiger partial charge in [0.25, 0.3) is 0 Å². The molecule has 0 aliphatic carbocycles. The average Bonchev–Trinajstić information content (AvgIpc) is 3.24. The molecular weight excluding hydrogens is 356 g/mol. The van der Waals surface area contributed by atoms with Gasteiger partial charge in [0, 0.05) is 42.7 Å². The fourth-order valence-electron chi connectivity index (χ4n) is 3.29. The first-order chi connectivity index (χ1) is 13.7. The summed E-state index contributed by atoms with van der Waals surface area (Å²) in [5, 5.41) is 9.93. The lowest BCUT2D eigenvalue weighted by atomic mass is 9.96. The molecule has 0 unspecified atom stereocenters. The van der Waals surface area contributed by atoms with Crippen LogP contribution in [0, 0.1) is 5.92 Å². The van der Waals surface area contributed by atoms with Gasteiger partial charge in [0.05, 0.1) is 12.7 Å². The standard InChI is InChI=1S/C19H22N8O/c20-11-16-24-18(26-25-16)13-1-3-15(4-2-13)23-19(28)14-5-9-27(10-6-14)17-12-21-7-8-22-17/h1-4,7-8,12,14H,5-6,9-11,20H2,(H,23,28)(H,24,25,26). The second-order valence-electron chi connectivity index (χ2n) is 6.70. The van der Waals surface area contributed by atoms with Gasteiger partial charge in [-0.25, -0.2) is 9.97 Å². The van der Waals surface area contributed by atoms with Crippen molar-refractivity contribution in [3.05, 3.63) is 48.7 Å². The van der Waals surface area contributed by atoms with Gasteiger partial charge in [0.15, 0.2) is 5.82 Å². The molecule has 9 heteroatoms. The summed E-state index contributed by atoms with van der Waals surface area (Å²) in [7, 11) is 0. The highest BCUT2D eigenvalue weighted by atomic mass is 16.1. The summed E-state index contributed by atoms with van der Waals surface area (Å²) in [6, 6.07) is 7.49. The number of carbonyl (C=O) groups is 1. The molecule has 3 heterocycles. The minimum absolute atomic E-state index is 0.00674. The monoisotopic (exact) mass is 378 g/mol. The molecular formula is C19H22N8O. The van der Waals surface area contributed by atoms with E-state index >= 15 is 0 Å². The molecule has 4 N–H and O–H groups in total. The number of aromatic nitrogens is 5. The van der Waals surface area contributed by atoms with E-state index in [2.05, 4.69) is 35.4 Å². The molecule has 28 heavy (non-hydrogen) atoms. The van der Waals surface area contributed by atoms with Gasteiger partial charge < -0.3 is 16.0 Å². The van der Waals surface area contributed by atoms with Crippen LogP contribution in [0.5, 0.6) is 0 Å². The molecule has 1 saturated heterocycles. The molecule has 144 valence electrons. The van der Waals surface area contributed by atoms with Gasteiger partial charge >= 0.3 is 0 Å². The van der Waals surface area contributed by atoms with Crippen molar-refractivity contribution in [2.24, 2.45) is 11.7 Å². The number of rotatable bonds is 5. The van der Waals surface area contributed by atoms with Crippen molar-refractivity contribution < 1.29 is 4.79 Å². The topological polar surface area (TPSA) is 126 Å². The summed E-state index contributed by atoms with van der Waals surface area (Å²) in [4.78, 5) is 27.5. The third-order valence-corrected chi connectivity index (χ3v) is 4.87. The average molecular weight is 378 g/mol. The van der Waals surface area contributed by atoms with Gasteiger partial charge in [0.1, 0.15) is 11.6 Å². The van der Waals surface area contributed by atoms with Gasteiger partial charge in [-0.05, 0) is 37.1 Å². The van der Waals surface area contributed by atoms with Crippen molar-refractivity contribution >= 4 is 17.4 Å². The zero-order chi connectivity index (χ0) is 19.3. The van der Waals surface area contributed by atoms with Gasteiger partial charge in [-0.1, -0.05) is 0 Å². The Labute approximate surface area is 162 Å². The van der Waals surface area contributed by atoms with Gasteiger partial charge in [0.2, 0.25) is 5.91 Å². The maximum Gasteiger partial charge on any atom is 0.227 e. The second-order valence-corrected chi connectivity index (χ2v) is 6.70. The van der Waals surface area contributed by atoms with Crippen molar-refractivity contribution in [2.45, 2.75) is 19.4 Å². The van der Waals surface area contributed by atoms with E-state index in [0.717, 1.165) is 43.0 Å². The Morgan fingerprint density at radius 1 is 1.21 bits per heavy atom. The van der Waals surface area contributed by atoms with Crippen molar-refractivity contribution in [1.82, 2.24) is 25.1 Å². The van der Waals surface area contributed by atoms with Crippen molar-refractivity contribution in [3.63, 3.8) is 0 Å². The Morgan fingerprint density at radius 3 is 2.64 bits per heavy atom. The molecule has 0 spiro atoms. The lowest BCUT2D eigenvalue weighted by molar-refractivity contribution is -0.120. The number of nitrogens with two attached hydrogens (primary N) is 1. The molecule has 3 aromatic rings. The SMILES string of the molecule is NCc1nc(-c2ccc(NC(=O)C3CCN(c4cnccn4)CC3)cc2)n[nH]1. The van der Waals surface area contributed by atoms with Crippen LogP contribution < -0.4 is 16.0 Å². The first-order valence-electron chi connectivity index (χ1n) is 9.26. The number of hydrogen-bond donors (Lipinski definition) is 3. The van der Waals surface area contributed by atoms with E-state index in [1.807, 2.05) is 24.3 Å². The second kappa shape index (κ2) is 8.13. The number of nitrogens with one attached hydrogen (secondary N) is 2. The number of piperidine rings is 1. The molecule has 1 amide bonds. The molecule has 9 nitrogen and oxygen atoms in total. The van der Waals surface area contributed by atoms with Crippen LogP contribution in [0.25, 0.3) is 11.4 Å². The van der Waals surface area contributed by atoms with Crippen LogP contribution in [-0.2, 0) is 11.3 Å². The Hall–Kier alpha value is -3.33. The van der Waals surface area contributed by atoms with Crippen molar-refractivity contribution in [3.8, 4) is 11.4 Å². The molecule has 1 aliphatic rings. The molecule has 4 rings (SSSR count). The van der Waals surface area contributed by atoms with Gasteiger partial charge in [-0.15, -0.1) is 0 Å². The first-order valence-corrected chi connectivity index (χ1v) is 9.26. The van der Waals surface area contributed by atoms with Gasteiger partial charge in [-0.2, -0.15) is 5.10 Å². The quantitative estimate of drug-likeness (QED) is 0.615. The summed E-state index contributed by atoms with van der Waals surface area (Å²) >= 11 is 0. The third kappa shape index (κ3) is 3.99. The van der Waals surface area contributed by atoms with Crippen LogP contribution in [0.15, 0.2) is 42.9 Å². The van der Waals surface area contributed by atoms with Crippen LogP contribution in [0.2, 0.25) is 0 Å². The normalized spacial score (nSPS) is 14.8. The summed E-state index contributed by atoms with van der Waals surface area (Å²) in [5.74, 6) is 2.14. The Kier molecular flexibility index (Phi) is 5.24. The number of nitrogens with zero attached hydrogens (tertiary/aromatic N) is 5. The number of hydrogen-bond acceptors (Lipinski definition) is 7. The maximum absolute atomic E-state index is 12.6. The minimum Gasteiger partial charge on any atom is -0.355 e. The van der Waals surface area contributed by atoms with Crippen LogP contribution in [-0.4, -0.2) is 44.1 Å².